The molecule has 0 spiro atoms. The first-order valence-electron chi connectivity index (χ1n) is 4.51. The third kappa shape index (κ3) is 1.74. The van der Waals surface area contributed by atoms with Gasteiger partial charge in [-0.2, -0.15) is 5.10 Å². The van der Waals surface area contributed by atoms with Crippen LogP contribution in [0.25, 0.3) is 11.1 Å². The van der Waals surface area contributed by atoms with Crippen molar-refractivity contribution >= 4 is 5.97 Å². The van der Waals surface area contributed by atoms with Crippen LogP contribution in [0.2, 0.25) is 0 Å². The highest BCUT2D eigenvalue weighted by Crippen LogP contribution is 2.22. The summed E-state index contributed by atoms with van der Waals surface area (Å²) in [5, 5.41) is 12.9. The molecule has 0 aliphatic heterocycles. The summed E-state index contributed by atoms with van der Waals surface area (Å²) in [7, 11) is 1.71. The van der Waals surface area contributed by atoms with Crippen LogP contribution in [0.15, 0.2) is 36.5 Å². The van der Waals surface area contributed by atoms with Crippen molar-refractivity contribution in [2.24, 2.45) is 7.05 Å². The lowest BCUT2D eigenvalue weighted by atomic mass is 10.1. The summed E-state index contributed by atoms with van der Waals surface area (Å²) >= 11 is 0. The predicted octanol–water partition coefficient (Wildman–Crippen LogP) is 1.79. The lowest BCUT2D eigenvalue weighted by molar-refractivity contribution is 0.0690. The van der Waals surface area contributed by atoms with Crippen molar-refractivity contribution in [3.63, 3.8) is 0 Å². The van der Waals surface area contributed by atoms with Gasteiger partial charge in [0.2, 0.25) is 0 Å². The van der Waals surface area contributed by atoms with Gasteiger partial charge in [-0.3, -0.25) is 4.68 Å². The fraction of sp³-hybridized carbons (Fsp3) is 0.0909. The third-order valence-electron chi connectivity index (χ3n) is 2.12. The zero-order valence-electron chi connectivity index (χ0n) is 8.21. The Balaban J connectivity index is 2.58. The lowest BCUT2D eigenvalue weighted by Gasteiger charge is -1.97. The standard InChI is InChI=1S/C11H10N2O2/c1-13-7-9(10(12-13)11(14)15)8-5-3-2-4-6-8/h2-7H,1H3,(H,14,15). The number of carboxylic acids is 1. The van der Waals surface area contributed by atoms with Crippen LogP contribution >= 0.6 is 0 Å². The second-order valence-electron chi connectivity index (χ2n) is 3.24. The molecule has 0 aliphatic rings. The van der Waals surface area contributed by atoms with Gasteiger partial charge in [0.15, 0.2) is 5.69 Å². The topological polar surface area (TPSA) is 55.1 Å². The maximum absolute atomic E-state index is 10.9. The van der Waals surface area contributed by atoms with Crippen LogP contribution in [-0.2, 0) is 7.05 Å². The van der Waals surface area contributed by atoms with Gasteiger partial charge in [0.1, 0.15) is 0 Å². The first-order chi connectivity index (χ1) is 7.18. The lowest BCUT2D eigenvalue weighted by Crippen LogP contribution is -2.00. The molecule has 0 atom stereocenters. The molecule has 0 saturated heterocycles. The minimum Gasteiger partial charge on any atom is -0.476 e. The van der Waals surface area contributed by atoms with E-state index in [9.17, 15) is 4.79 Å². The fourth-order valence-corrected chi connectivity index (χ4v) is 1.48. The van der Waals surface area contributed by atoms with Gasteiger partial charge in [0.25, 0.3) is 0 Å². The Morgan fingerprint density at radius 1 is 1.33 bits per heavy atom. The van der Waals surface area contributed by atoms with Gasteiger partial charge in [-0.1, -0.05) is 30.3 Å². The fourth-order valence-electron chi connectivity index (χ4n) is 1.48. The smallest absolute Gasteiger partial charge is 0.357 e. The predicted molar refractivity (Wildman–Crippen MR) is 55.6 cm³/mol. The number of benzene rings is 1. The highest BCUT2D eigenvalue weighted by molar-refractivity contribution is 5.93. The summed E-state index contributed by atoms with van der Waals surface area (Å²) in [5.74, 6) is -1.01. The SMILES string of the molecule is Cn1cc(-c2ccccc2)c(C(=O)O)n1. The molecule has 0 fully saturated rings. The minimum absolute atomic E-state index is 0.0868. The Morgan fingerprint density at radius 3 is 2.60 bits per heavy atom. The Labute approximate surface area is 86.8 Å². The van der Waals surface area contributed by atoms with Crippen LogP contribution < -0.4 is 0 Å². The molecule has 0 bridgehead atoms. The number of carbonyl (C=O) groups is 1. The van der Waals surface area contributed by atoms with Crippen LogP contribution in [0.5, 0.6) is 0 Å². The van der Waals surface area contributed by atoms with Gasteiger partial charge in [-0.25, -0.2) is 4.79 Å². The van der Waals surface area contributed by atoms with Crippen molar-refractivity contribution in [2.75, 3.05) is 0 Å². The second kappa shape index (κ2) is 3.57. The Morgan fingerprint density at radius 2 is 2.00 bits per heavy atom. The Bertz CT molecular complexity index is 489. The first-order valence-corrected chi connectivity index (χ1v) is 4.51. The van der Waals surface area contributed by atoms with Crippen molar-refractivity contribution in [1.82, 2.24) is 9.78 Å². The molecule has 2 aromatic rings. The summed E-state index contributed by atoms with van der Waals surface area (Å²) in [4.78, 5) is 10.9. The van der Waals surface area contributed by atoms with Crippen molar-refractivity contribution in [2.45, 2.75) is 0 Å². The number of aromatic nitrogens is 2. The van der Waals surface area contributed by atoms with E-state index < -0.39 is 5.97 Å². The van der Waals surface area contributed by atoms with Crippen LogP contribution in [0.4, 0.5) is 0 Å². The number of aryl methyl sites for hydroxylation is 1. The molecule has 0 radical (unpaired) electrons. The normalized spacial score (nSPS) is 10.2. The van der Waals surface area contributed by atoms with Crippen LogP contribution in [0.3, 0.4) is 0 Å². The Hall–Kier alpha value is -2.10. The molecule has 0 saturated carbocycles. The molecular formula is C11H10N2O2. The van der Waals surface area contributed by atoms with E-state index in [4.69, 9.17) is 5.11 Å². The highest BCUT2D eigenvalue weighted by Gasteiger charge is 2.15. The zero-order chi connectivity index (χ0) is 10.8. The monoisotopic (exact) mass is 202 g/mol. The molecule has 0 aliphatic carbocycles. The van der Waals surface area contributed by atoms with Gasteiger partial charge in [0, 0.05) is 18.8 Å². The van der Waals surface area contributed by atoms with Gasteiger partial charge in [0.05, 0.1) is 0 Å². The summed E-state index contributed by atoms with van der Waals surface area (Å²) in [6.07, 6.45) is 1.71. The molecule has 0 amide bonds. The third-order valence-corrected chi connectivity index (χ3v) is 2.12. The van der Waals surface area contributed by atoms with E-state index in [1.165, 1.54) is 4.68 Å². The van der Waals surface area contributed by atoms with Gasteiger partial charge >= 0.3 is 5.97 Å². The van der Waals surface area contributed by atoms with Gasteiger partial charge in [-0.05, 0) is 5.56 Å². The maximum atomic E-state index is 10.9. The molecule has 76 valence electrons. The second-order valence-corrected chi connectivity index (χ2v) is 3.24. The molecule has 1 N–H and O–H groups in total. The van der Waals surface area contributed by atoms with E-state index in [-0.39, 0.29) is 5.69 Å². The van der Waals surface area contributed by atoms with Crippen molar-refractivity contribution in [3.8, 4) is 11.1 Å². The van der Waals surface area contributed by atoms with E-state index in [0.29, 0.717) is 5.56 Å². The molecule has 0 unspecified atom stereocenters. The quantitative estimate of drug-likeness (QED) is 0.807. The summed E-state index contributed by atoms with van der Waals surface area (Å²) in [6.45, 7) is 0. The van der Waals surface area contributed by atoms with Gasteiger partial charge < -0.3 is 5.11 Å². The number of rotatable bonds is 2. The number of aromatic carboxylic acids is 1. The van der Waals surface area contributed by atoms with E-state index in [2.05, 4.69) is 5.10 Å². The van der Waals surface area contributed by atoms with Crippen LogP contribution in [-0.4, -0.2) is 20.9 Å². The van der Waals surface area contributed by atoms with E-state index >= 15 is 0 Å². The first kappa shape index (κ1) is 9.45. The average Bonchev–Trinajstić information content (AvgIpc) is 2.62. The number of nitrogens with zero attached hydrogens (tertiary/aromatic N) is 2. The zero-order valence-corrected chi connectivity index (χ0v) is 8.21. The average molecular weight is 202 g/mol. The van der Waals surface area contributed by atoms with E-state index in [1.54, 1.807) is 13.2 Å². The summed E-state index contributed by atoms with van der Waals surface area (Å²) in [6, 6.07) is 9.36. The molecule has 1 heterocycles. The van der Waals surface area contributed by atoms with Crippen molar-refractivity contribution in [1.29, 1.82) is 0 Å². The van der Waals surface area contributed by atoms with Crippen LogP contribution in [0.1, 0.15) is 10.5 Å². The largest absolute Gasteiger partial charge is 0.476 e. The number of carboxylic acid groups (broad SMARTS) is 1. The molecule has 1 aromatic carbocycles. The van der Waals surface area contributed by atoms with Crippen molar-refractivity contribution < 1.29 is 9.90 Å². The molecule has 4 nitrogen and oxygen atoms in total. The Kier molecular flexibility index (Phi) is 2.25. The minimum atomic E-state index is -1.01. The molecule has 1 aromatic heterocycles. The molecule has 2 rings (SSSR count). The van der Waals surface area contributed by atoms with E-state index in [1.807, 2.05) is 30.3 Å². The molecule has 4 heteroatoms. The number of hydrogen-bond acceptors (Lipinski definition) is 2. The maximum Gasteiger partial charge on any atom is 0.357 e. The van der Waals surface area contributed by atoms with Crippen LogP contribution in [0, 0.1) is 0 Å². The molecular weight excluding hydrogens is 192 g/mol. The highest BCUT2D eigenvalue weighted by atomic mass is 16.4. The summed E-state index contributed by atoms with van der Waals surface area (Å²) in [5.41, 5.74) is 1.59. The molecule has 15 heavy (non-hydrogen) atoms. The van der Waals surface area contributed by atoms with Gasteiger partial charge in [-0.15, -0.1) is 0 Å². The number of hydrogen-bond donors (Lipinski definition) is 1. The van der Waals surface area contributed by atoms with E-state index in [0.717, 1.165) is 5.56 Å². The summed E-state index contributed by atoms with van der Waals surface area (Å²) < 4.78 is 1.51. The van der Waals surface area contributed by atoms with Crippen molar-refractivity contribution in [3.05, 3.63) is 42.2 Å².